The number of nitro benzene ring substituents is 1. The average Bonchev–Trinajstić information content (AvgIpc) is 2.79. The van der Waals surface area contributed by atoms with Crippen molar-refractivity contribution in [2.75, 3.05) is 0 Å². The van der Waals surface area contributed by atoms with Crippen LogP contribution in [0.1, 0.15) is 18.2 Å². The predicted octanol–water partition coefficient (Wildman–Crippen LogP) is 3.95. The fraction of sp³-hybridized carbons (Fsp3) is 0.231. The normalized spacial score (nSPS) is 12.3. The molecule has 8 nitrogen and oxygen atoms in total. The summed E-state index contributed by atoms with van der Waals surface area (Å²) in [4.78, 5) is 10.2. The zero-order valence-corrected chi connectivity index (χ0v) is 13.4. The highest BCUT2D eigenvalue weighted by molar-refractivity contribution is 6.32. The third-order valence-corrected chi connectivity index (χ3v) is 3.48. The Morgan fingerprint density at radius 1 is 1.44 bits per heavy atom. The highest BCUT2D eigenvalue weighted by atomic mass is 35.5. The number of hydrogen-bond acceptors (Lipinski definition) is 5. The summed E-state index contributed by atoms with van der Waals surface area (Å²) in [6.45, 7) is 1.24. The van der Waals surface area contributed by atoms with E-state index in [4.69, 9.17) is 16.3 Å². The van der Waals surface area contributed by atoms with Gasteiger partial charge >= 0.3 is 6.18 Å². The van der Waals surface area contributed by atoms with E-state index in [1.807, 2.05) is 0 Å². The van der Waals surface area contributed by atoms with Gasteiger partial charge in [0.15, 0.2) is 5.69 Å². The molecule has 0 bridgehead atoms. The molecule has 0 saturated carbocycles. The molecule has 0 unspecified atom stereocenters. The Bertz CT molecular complexity index is 864. The summed E-state index contributed by atoms with van der Waals surface area (Å²) in [5.41, 5.74) is -1.95. The van der Waals surface area contributed by atoms with Crippen molar-refractivity contribution >= 4 is 23.0 Å². The molecular weight excluding hydrogens is 369 g/mol. The van der Waals surface area contributed by atoms with Gasteiger partial charge in [0.1, 0.15) is 10.8 Å². The Balaban J connectivity index is 2.47. The second-order valence-electron chi connectivity index (χ2n) is 4.80. The van der Waals surface area contributed by atoms with Crippen LogP contribution in [0.25, 0.3) is 0 Å². The third-order valence-electron chi connectivity index (χ3n) is 3.13. The molecule has 0 saturated heterocycles. The van der Waals surface area contributed by atoms with Crippen LogP contribution in [-0.2, 0) is 18.4 Å². The van der Waals surface area contributed by atoms with E-state index in [1.165, 1.54) is 6.92 Å². The van der Waals surface area contributed by atoms with E-state index < -0.39 is 33.4 Å². The van der Waals surface area contributed by atoms with Crippen molar-refractivity contribution in [1.29, 1.82) is 0 Å². The van der Waals surface area contributed by atoms with Gasteiger partial charge in [-0.05, 0) is 24.2 Å². The first-order valence-corrected chi connectivity index (χ1v) is 6.87. The van der Waals surface area contributed by atoms with Crippen LogP contribution in [0.4, 0.5) is 18.9 Å². The Hall–Kier alpha value is -2.82. The number of nitro groups is 1. The van der Waals surface area contributed by atoms with Gasteiger partial charge in [0.05, 0.1) is 16.2 Å². The van der Waals surface area contributed by atoms with E-state index in [2.05, 4.69) is 10.3 Å². The molecule has 12 heteroatoms. The number of aryl methyl sites for hydroxylation is 1. The minimum atomic E-state index is -4.74. The Morgan fingerprint density at radius 3 is 2.56 bits per heavy atom. The fourth-order valence-electron chi connectivity index (χ4n) is 2.04. The minimum Gasteiger partial charge on any atom is -0.436 e. The SMILES string of the molecule is C/C(=N/[O])c1cc(Oc2nn(C)c(C(F)(F)F)c2Cl)ccc1[N+](=O)[O-]. The zero-order chi connectivity index (χ0) is 18.9. The molecule has 2 rings (SSSR count). The summed E-state index contributed by atoms with van der Waals surface area (Å²) >= 11 is 5.67. The summed E-state index contributed by atoms with van der Waals surface area (Å²) in [6.07, 6.45) is -4.74. The number of aromatic nitrogens is 2. The second kappa shape index (κ2) is 6.59. The van der Waals surface area contributed by atoms with Gasteiger partial charge in [-0.1, -0.05) is 11.6 Å². The zero-order valence-electron chi connectivity index (χ0n) is 12.7. The van der Waals surface area contributed by atoms with Crippen LogP contribution in [-0.4, -0.2) is 20.4 Å². The summed E-state index contributed by atoms with van der Waals surface area (Å²) < 4.78 is 44.4. The van der Waals surface area contributed by atoms with Crippen molar-refractivity contribution in [2.24, 2.45) is 12.2 Å². The van der Waals surface area contributed by atoms with Crippen LogP contribution in [0.2, 0.25) is 5.02 Å². The first kappa shape index (κ1) is 18.5. The van der Waals surface area contributed by atoms with Gasteiger partial charge in [0.2, 0.25) is 0 Å². The van der Waals surface area contributed by atoms with E-state index in [9.17, 15) is 28.5 Å². The van der Waals surface area contributed by atoms with Crippen LogP contribution in [0.5, 0.6) is 11.6 Å². The Labute approximate surface area is 143 Å². The number of benzene rings is 1. The number of halogens is 4. The lowest BCUT2D eigenvalue weighted by Gasteiger charge is -2.07. The van der Waals surface area contributed by atoms with Crippen molar-refractivity contribution < 1.29 is 28.0 Å². The summed E-state index contributed by atoms with van der Waals surface area (Å²) in [7, 11) is 1.04. The first-order valence-electron chi connectivity index (χ1n) is 6.49. The smallest absolute Gasteiger partial charge is 0.434 e. The van der Waals surface area contributed by atoms with Gasteiger partial charge in [0, 0.05) is 13.1 Å². The maximum atomic E-state index is 12.9. The summed E-state index contributed by atoms with van der Waals surface area (Å²) in [5.74, 6) is -0.634. The summed E-state index contributed by atoms with van der Waals surface area (Å²) in [5, 5.41) is 27.0. The lowest BCUT2D eigenvalue weighted by Crippen LogP contribution is -2.12. The van der Waals surface area contributed by atoms with Gasteiger partial charge in [-0.2, -0.15) is 13.2 Å². The monoisotopic (exact) mass is 377 g/mol. The summed E-state index contributed by atoms with van der Waals surface area (Å²) in [6, 6.07) is 3.26. The maximum Gasteiger partial charge on any atom is 0.434 e. The number of alkyl halides is 3. The molecule has 0 aliphatic heterocycles. The lowest BCUT2D eigenvalue weighted by molar-refractivity contribution is -0.385. The minimum absolute atomic E-state index is 0.0997. The van der Waals surface area contributed by atoms with Crippen molar-refractivity contribution in [3.8, 4) is 11.6 Å². The largest absolute Gasteiger partial charge is 0.436 e. The lowest BCUT2D eigenvalue weighted by atomic mass is 10.1. The molecule has 0 aliphatic rings. The van der Waals surface area contributed by atoms with Crippen molar-refractivity contribution in [3.63, 3.8) is 0 Å². The van der Waals surface area contributed by atoms with Crippen LogP contribution >= 0.6 is 11.6 Å². The highest BCUT2D eigenvalue weighted by Gasteiger charge is 2.39. The highest BCUT2D eigenvalue weighted by Crippen LogP contribution is 2.40. The molecule has 25 heavy (non-hydrogen) atoms. The van der Waals surface area contributed by atoms with Crippen LogP contribution < -0.4 is 4.74 Å². The number of ether oxygens (including phenoxy) is 1. The molecule has 1 aromatic heterocycles. The van der Waals surface area contributed by atoms with E-state index >= 15 is 0 Å². The fourth-order valence-corrected chi connectivity index (χ4v) is 2.34. The van der Waals surface area contributed by atoms with E-state index in [1.54, 1.807) is 0 Å². The molecule has 1 radical (unpaired) electrons. The van der Waals surface area contributed by atoms with Crippen molar-refractivity contribution in [1.82, 2.24) is 9.78 Å². The van der Waals surface area contributed by atoms with Crippen LogP contribution in [0.15, 0.2) is 23.4 Å². The first-order chi connectivity index (χ1) is 11.6. The van der Waals surface area contributed by atoms with Crippen LogP contribution in [0, 0.1) is 10.1 Å². The van der Waals surface area contributed by atoms with Gasteiger partial charge < -0.3 is 4.74 Å². The van der Waals surface area contributed by atoms with Gasteiger partial charge in [0.25, 0.3) is 11.6 Å². The average molecular weight is 378 g/mol. The molecule has 0 fully saturated rings. The molecule has 1 aromatic carbocycles. The molecule has 1 heterocycles. The molecule has 0 atom stereocenters. The third kappa shape index (κ3) is 3.65. The Morgan fingerprint density at radius 2 is 2.08 bits per heavy atom. The molecule has 0 amide bonds. The molecule has 0 aliphatic carbocycles. The number of hydrogen-bond donors (Lipinski definition) is 0. The van der Waals surface area contributed by atoms with E-state index in [-0.39, 0.29) is 17.0 Å². The molecule has 133 valence electrons. The molecule has 0 spiro atoms. The standard InChI is InChI=1S/C13H9ClF3N4O4/c1-6(19-22)8-5-7(3-4-9(8)21(23)24)25-12-10(14)11(13(15,16)17)20(2)18-12/h3-5H,1-2H3/b19-6-. The van der Waals surface area contributed by atoms with Crippen LogP contribution in [0.3, 0.4) is 0 Å². The molecule has 0 N–H and O–H groups in total. The molecule has 2 aromatic rings. The quantitative estimate of drug-likeness (QED) is 0.457. The van der Waals surface area contributed by atoms with Crippen molar-refractivity contribution in [3.05, 3.63) is 44.6 Å². The van der Waals surface area contributed by atoms with Gasteiger partial charge in [-0.25, -0.2) is 0 Å². The van der Waals surface area contributed by atoms with E-state index in [0.29, 0.717) is 4.68 Å². The maximum absolute atomic E-state index is 12.9. The predicted molar refractivity (Wildman–Crippen MR) is 79.3 cm³/mol. The van der Waals surface area contributed by atoms with E-state index in [0.717, 1.165) is 25.2 Å². The topological polar surface area (TPSA) is 102 Å². The molecular formula is C13H9ClF3N4O4. The van der Waals surface area contributed by atoms with Gasteiger partial charge in [-0.15, -0.1) is 10.3 Å². The second-order valence-corrected chi connectivity index (χ2v) is 5.18. The number of nitrogens with zero attached hydrogens (tertiary/aromatic N) is 4. The number of rotatable bonds is 4. The van der Waals surface area contributed by atoms with Crippen molar-refractivity contribution in [2.45, 2.75) is 13.1 Å². The van der Waals surface area contributed by atoms with Gasteiger partial charge in [-0.3, -0.25) is 14.8 Å². The Kier molecular flexibility index (Phi) is 4.88.